The van der Waals surface area contributed by atoms with Crippen LogP contribution in [-0.4, -0.2) is 18.0 Å². The summed E-state index contributed by atoms with van der Waals surface area (Å²) in [5.41, 5.74) is 1.25. The molecule has 1 aromatic carbocycles. The van der Waals surface area contributed by atoms with Crippen LogP contribution in [0, 0.1) is 6.92 Å². The minimum Gasteiger partial charge on any atom is -0.504 e. The number of Topliss-reactive ketones (excluding diaryl/α,β-unsaturated/α-hetero) is 1. The lowest BCUT2D eigenvalue weighted by atomic mass is 10.0. The molecule has 1 aromatic rings. The number of carbonyl (C=O) groups excluding carboxylic acids is 1. The summed E-state index contributed by atoms with van der Waals surface area (Å²) >= 11 is 0. The number of carbonyl (C=O) groups is 1. The fourth-order valence-electron chi connectivity index (χ4n) is 1.31. The first-order valence-corrected chi connectivity index (χ1v) is 3.95. The van der Waals surface area contributed by atoms with Gasteiger partial charge in [-0.3, -0.25) is 4.79 Å². The van der Waals surface area contributed by atoms with E-state index in [0.29, 0.717) is 5.56 Å². The molecule has 0 radical (unpaired) electrons. The van der Waals surface area contributed by atoms with Crippen molar-refractivity contribution in [2.75, 3.05) is 7.11 Å². The standard InChI is InChI=1S/C10H12O3/c1-6-4-5-8(12)10(13-3)9(6)7(2)11/h4-5,12H,1-3H3. The second-order valence-electron chi connectivity index (χ2n) is 2.87. The van der Waals surface area contributed by atoms with Crippen LogP contribution in [0.1, 0.15) is 22.8 Å². The number of hydrogen-bond acceptors (Lipinski definition) is 3. The molecule has 0 fully saturated rings. The Morgan fingerprint density at radius 1 is 1.46 bits per heavy atom. The van der Waals surface area contributed by atoms with Crippen molar-refractivity contribution >= 4 is 5.78 Å². The zero-order valence-corrected chi connectivity index (χ0v) is 7.92. The average molecular weight is 180 g/mol. The molecule has 0 saturated carbocycles. The van der Waals surface area contributed by atoms with Crippen LogP contribution in [0.5, 0.6) is 11.5 Å². The molecule has 70 valence electrons. The number of phenols is 1. The summed E-state index contributed by atoms with van der Waals surface area (Å²) < 4.78 is 4.95. The second-order valence-corrected chi connectivity index (χ2v) is 2.87. The molecule has 0 aromatic heterocycles. The van der Waals surface area contributed by atoms with Crippen LogP contribution in [0.25, 0.3) is 0 Å². The van der Waals surface area contributed by atoms with E-state index >= 15 is 0 Å². The molecule has 0 saturated heterocycles. The highest BCUT2D eigenvalue weighted by Gasteiger charge is 2.14. The van der Waals surface area contributed by atoms with E-state index in [2.05, 4.69) is 0 Å². The number of methoxy groups -OCH3 is 1. The molecule has 0 heterocycles. The van der Waals surface area contributed by atoms with Gasteiger partial charge in [0, 0.05) is 0 Å². The van der Waals surface area contributed by atoms with Gasteiger partial charge in [0.1, 0.15) is 0 Å². The minimum absolute atomic E-state index is 0.00157. The highest BCUT2D eigenvalue weighted by atomic mass is 16.5. The molecular weight excluding hydrogens is 168 g/mol. The Morgan fingerprint density at radius 3 is 2.46 bits per heavy atom. The molecule has 0 bridgehead atoms. The van der Waals surface area contributed by atoms with E-state index in [1.165, 1.54) is 20.1 Å². The molecular formula is C10H12O3. The zero-order valence-electron chi connectivity index (χ0n) is 7.92. The topological polar surface area (TPSA) is 46.5 Å². The van der Waals surface area contributed by atoms with Crippen molar-refractivity contribution < 1.29 is 14.6 Å². The highest BCUT2D eigenvalue weighted by molar-refractivity contribution is 5.99. The molecule has 13 heavy (non-hydrogen) atoms. The first-order chi connectivity index (χ1) is 6.07. The number of benzene rings is 1. The quantitative estimate of drug-likeness (QED) is 0.707. The van der Waals surface area contributed by atoms with E-state index in [-0.39, 0.29) is 17.3 Å². The average Bonchev–Trinajstić information content (AvgIpc) is 2.07. The molecule has 0 aliphatic carbocycles. The third-order valence-corrected chi connectivity index (χ3v) is 1.90. The lowest BCUT2D eigenvalue weighted by molar-refractivity contribution is 0.101. The second kappa shape index (κ2) is 3.47. The Kier molecular flexibility index (Phi) is 2.56. The van der Waals surface area contributed by atoms with Crippen molar-refractivity contribution in [2.45, 2.75) is 13.8 Å². The van der Waals surface area contributed by atoms with Crippen molar-refractivity contribution in [1.29, 1.82) is 0 Å². The summed E-state index contributed by atoms with van der Waals surface area (Å²) in [6.07, 6.45) is 0. The monoisotopic (exact) mass is 180 g/mol. The van der Waals surface area contributed by atoms with Crippen molar-refractivity contribution in [3.05, 3.63) is 23.3 Å². The summed E-state index contributed by atoms with van der Waals surface area (Å²) in [7, 11) is 1.43. The van der Waals surface area contributed by atoms with E-state index in [0.717, 1.165) is 5.56 Å². The largest absolute Gasteiger partial charge is 0.504 e. The summed E-state index contributed by atoms with van der Waals surface area (Å²) in [5.74, 6) is 0.149. The van der Waals surface area contributed by atoms with E-state index in [1.54, 1.807) is 13.0 Å². The Hall–Kier alpha value is -1.51. The molecule has 1 N–H and O–H groups in total. The third kappa shape index (κ3) is 1.64. The van der Waals surface area contributed by atoms with Gasteiger partial charge in [-0.1, -0.05) is 6.07 Å². The van der Waals surface area contributed by atoms with Gasteiger partial charge in [-0.15, -0.1) is 0 Å². The van der Waals surface area contributed by atoms with Gasteiger partial charge in [-0.25, -0.2) is 0 Å². The number of aromatic hydroxyl groups is 1. The van der Waals surface area contributed by atoms with Crippen LogP contribution in [0.3, 0.4) is 0 Å². The van der Waals surface area contributed by atoms with Gasteiger partial charge < -0.3 is 9.84 Å². The highest BCUT2D eigenvalue weighted by Crippen LogP contribution is 2.32. The smallest absolute Gasteiger partial charge is 0.171 e. The number of phenolic OH excluding ortho intramolecular Hbond substituents is 1. The fraction of sp³-hybridized carbons (Fsp3) is 0.300. The molecule has 3 heteroatoms. The van der Waals surface area contributed by atoms with Gasteiger partial charge in [0.05, 0.1) is 12.7 Å². The Balaban J connectivity index is 3.43. The van der Waals surface area contributed by atoms with Crippen molar-refractivity contribution in [1.82, 2.24) is 0 Å². The van der Waals surface area contributed by atoms with E-state index in [4.69, 9.17) is 4.74 Å². The van der Waals surface area contributed by atoms with Gasteiger partial charge in [0.25, 0.3) is 0 Å². The molecule has 0 amide bonds. The van der Waals surface area contributed by atoms with Gasteiger partial charge >= 0.3 is 0 Å². The maximum Gasteiger partial charge on any atom is 0.171 e. The Labute approximate surface area is 77.0 Å². The first-order valence-electron chi connectivity index (χ1n) is 3.95. The van der Waals surface area contributed by atoms with Crippen LogP contribution in [0.2, 0.25) is 0 Å². The molecule has 0 aliphatic heterocycles. The van der Waals surface area contributed by atoms with E-state index in [9.17, 15) is 9.90 Å². The number of aryl methyl sites for hydroxylation is 1. The number of rotatable bonds is 2. The van der Waals surface area contributed by atoms with Crippen molar-refractivity contribution in [2.24, 2.45) is 0 Å². The maximum absolute atomic E-state index is 11.2. The minimum atomic E-state index is -0.106. The summed E-state index contributed by atoms with van der Waals surface area (Å²) in [6.45, 7) is 3.25. The summed E-state index contributed by atoms with van der Waals surface area (Å²) in [4.78, 5) is 11.2. The van der Waals surface area contributed by atoms with Gasteiger partial charge in [-0.2, -0.15) is 0 Å². The molecule has 3 nitrogen and oxygen atoms in total. The van der Waals surface area contributed by atoms with Gasteiger partial charge in [0.2, 0.25) is 0 Å². The van der Waals surface area contributed by atoms with Crippen molar-refractivity contribution in [3.63, 3.8) is 0 Å². The summed E-state index contributed by atoms with van der Waals surface area (Å²) in [5, 5.41) is 9.39. The predicted molar refractivity (Wildman–Crippen MR) is 49.4 cm³/mol. The number of ether oxygens (including phenoxy) is 1. The van der Waals surface area contributed by atoms with E-state index < -0.39 is 0 Å². The van der Waals surface area contributed by atoms with Crippen LogP contribution < -0.4 is 4.74 Å². The lowest BCUT2D eigenvalue weighted by Crippen LogP contribution is -2.00. The number of ketones is 1. The SMILES string of the molecule is COc1c(O)ccc(C)c1C(C)=O. The lowest BCUT2D eigenvalue weighted by Gasteiger charge is -2.09. The van der Waals surface area contributed by atoms with Crippen LogP contribution in [0.15, 0.2) is 12.1 Å². The number of hydrogen-bond donors (Lipinski definition) is 1. The Bertz CT molecular complexity index is 342. The maximum atomic E-state index is 11.2. The van der Waals surface area contributed by atoms with E-state index in [1.807, 2.05) is 0 Å². The zero-order chi connectivity index (χ0) is 10.0. The molecule has 0 unspecified atom stereocenters. The summed E-state index contributed by atoms with van der Waals surface area (Å²) in [6, 6.07) is 3.20. The first kappa shape index (κ1) is 9.58. The third-order valence-electron chi connectivity index (χ3n) is 1.90. The van der Waals surface area contributed by atoms with Gasteiger partial charge in [-0.05, 0) is 25.5 Å². The van der Waals surface area contributed by atoms with Crippen LogP contribution in [0.4, 0.5) is 0 Å². The fourth-order valence-corrected chi connectivity index (χ4v) is 1.31. The molecule has 0 spiro atoms. The molecule has 0 atom stereocenters. The Morgan fingerprint density at radius 2 is 2.08 bits per heavy atom. The van der Waals surface area contributed by atoms with Gasteiger partial charge in [0.15, 0.2) is 17.3 Å². The predicted octanol–water partition coefficient (Wildman–Crippen LogP) is 1.91. The van der Waals surface area contributed by atoms with Crippen LogP contribution >= 0.6 is 0 Å². The molecule has 1 rings (SSSR count). The van der Waals surface area contributed by atoms with Crippen molar-refractivity contribution in [3.8, 4) is 11.5 Å². The normalized spacial score (nSPS) is 9.77. The molecule has 0 aliphatic rings. The van der Waals surface area contributed by atoms with Crippen LogP contribution in [-0.2, 0) is 0 Å².